The highest BCUT2D eigenvalue weighted by molar-refractivity contribution is 7.89. The van der Waals surface area contributed by atoms with Crippen molar-refractivity contribution >= 4 is 32.5 Å². The number of fused-ring (bicyclic) bond motifs is 1. The molecule has 0 atom stereocenters. The average molecular weight is 455 g/mol. The summed E-state index contributed by atoms with van der Waals surface area (Å²) in [6, 6.07) is 18.9. The largest absolute Gasteiger partial charge is 0.497 e. The minimum atomic E-state index is -3.76. The summed E-state index contributed by atoms with van der Waals surface area (Å²) < 4.78 is 37.5. The van der Waals surface area contributed by atoms with Crippen LogP contribution in [0.3, 0.4) is 0 Å². The summed E-state index contributed by atoms with van der Waals surface area (Å²) in [6.45, 7) is 3.84. The van der Waals surface area contributed by atoms with Gasteiger partial charge in [-0.05, 0) is 59.7 Å². The van der Waals surface area contributed by atoms with Crippen molar-refractivity contribution in [2.24, 2.45) is 0 Å². The Morgan fingerprint density at radius 2 is 1.59 bits per heavy atom. The van der Waals surface area contributed by atoms with Crippen LogP contribution in [-0.2, 0) is 14.8 Å². The minimum absolute atomic E-state index is 0.301. The molecule has 0 spiro atoms. The predicted molar refractivity (Wildman–Crippen MR) is 125 cm³/mol. The molecule has 0 radical (unpaired) electrons. The number of carbonyl (C=O) groups excluding carboxylic acids is 1. The number of anilines is 1. The van der Waals surface area contributed by atoms with E-state index < -0.39 is 21.7 Å². The fraction of sp³-hybridized carbons (Fsp3) is 0.292. The normalized spacial score (nSPS) is 15.0. The van der Waals surface area contributed by atoms with Gasteiger partial charge in [-0.25, -0.2) is 8.42 Å². The molecule has 1 aliphatic rings. The highest BCUT2D eigenvalue weighted by Crippen LogP contribution is 2.25. The lowest BCUT2D eigenvalue weighted by Crippen LogP contribution is -2.50. The number of methoxy groups -OCH3 is 1. The van der Waals surface area contributed by atoms with Gasteiger partial charge < -0.3 is 14.4 Å². The van der Waals surface area contributed by atoms with E-state index in [1.54, 1.807) is 19.2 Å². The molecular formula is C24H26N2O5S. The molecule has 0 aliphatic carbocycles. The lowest BCUT2D eigenvalue weighted by Gasteiger charge is -2.35. The second-order valence-electron chi connectivity index (χ2n) is 7.83. The van der Waals surface area contributed by atoms with Gasteiger partial charge in [0.15, 0.2) is 5.75 Å². The lowest BCUT2D eigenvalue weighted by molar-refractivity contribution is -0.131. The first-order valence-electron chi connectivity index (χ1n) is 10.4. The maximum atomic E-state index is 12.8. The van der Waals surface area contributed by atoms with E-state index in [-0.39, 0.29) is 0 Å². The SMILES string of the molecule is COc1ccc2ccc(OC(=O)CS(=O)(=O)N3CCN(c4cccc(C)c4)CC3)cc2c1. The maximum Gasteiger partial charge on any atom is 0.327 e. The van der Waals surface area contributed by atoms with Crippen LogP contribution in [0.1, 0.15) is 5.56 Å². The van der Waals surface area contributed by atoms with Crippen molar-refractivity contribution in [1.29, 1.82) is 0 Å². The van der Waals surface area contributed by atoms with E-state index in [9.17, 15) is 13.2 Å². The smallest absolute Gasteiger partial charge is 0.327 e. The highest BCUT2D eigenvalue weighted by Gasteiger charge is 2.30. The Balaban J connectivity index is 1.37. The van der Waals surface area contributed by atoms with Crippen molar-refractivity contribution in [3.63, 3.8) is 0 Å². The zero-order valence-electron chi connectivity index (χ0n) is 18.2. The van der Waals surface area contributed by atoms with E-state index in [1.807, 2.05) is 49.4 Å². The molecule has 0 amide bonds. The van der Waals surface area contributed by atoms with Crippen molar-refractivity contribution in [3.05, 3.63) is 66.2 Å². The standard InChI is InChI=1S/C24H26N2O5S/c1-18-4-3-5-21(14-18)25-10-12-26(13-11-25)32(28,29)17-24(27)31-23-9-7-19-6-8-22(30-2)15-20(19)16-23/h3-9,14-16H,10-13,17H2,1-2H3. The fourth-order valence-electron chi connectivity index (χ4n) is 3.84. The Labute approximate surface area is 188 Å². The number of hydrogen-bond donors (Lipinski definition) is 0. The van der Waals surface area contributed by atoms with Crippen molar-refractivity contribution in [2.45, 2.75) is 6.92 Å². The van der Waals surface area contributed by atoms with Crippen LogP contribution in [0.25, 0.3) is 10.8 Å². The van der Waals surface area contributed by atoms with Crippen LogP contribution in [0.15, 0.2) is 60.7 Å². The molecule has 3 aromatic carbocycles. The van der Waals surface area contributed by atoms with Gasteiger partial charge in [0.05, 0.1) is 7.11 Å². The molecule has 0 bridgehead atoms. The van der Waals surface area contributed by atoms with Gasteiger partial charge in [-0.15, -0.1) is 0 Å². The van der Waals surface area contributed by atoms with Crippen LogP contribution in [0.2, 0.25) is 0 Å². The van der Waals surface area contributed by atoms with Crippen LogP contribution in [-0.4, -0.2) is 57.7 Å². The summed E-state index contributed by atoms with van der Waals surface area (Å²) in [4.78, 5) is 14.5. The molecule has 1 fully saturated rings. The first-order chi connectivity index (χ1) is 15.3. The summed E-state index contributed by atoms with van der Waals surface area (Å²) >= 11 is 0. The van der Waals surface area contributed by atoms with Gasteiger partial charge in [0.25, 0.3) is 0 Å². The molecule has 1 saturated heterocycles. The second-order valence-corrected chi connectivity index (χ2v) is 9.80. The van der Waals surface area contributed by atoms with Crippen LogP contribution in [0.4, 0.5) is 5.69 Å². The number of hydrogen-bond acceptors (Lipinski definition) is 6. The number of carbonyl (C=O) groups is 1. The van der Waals surface area contributed by atoms with E-state index in [0.717, 1.165) is 22.0 Å². The molecule has 0 unspecified atom stereocenters. The second kappa shape index (κ2) is 9.18. The van der Waals surface area contributed by atoms with Gasteiger partial charge in [-0.1, -0.05) is 24.3 Å². The molecule has 4 rings (SSSR count). The van der Waals surface area contributed by atoms with Crippen molar-refractivity contribution < 1.29 is 22.7 Å². The third kappa shape index (κ3) is 5.03. The number of aryl methyl sites for hydroxylation is 1. The summed E-state index contributed by atoms with van der Waals surface area (Å²) in [6.07, 6.45) is 0. The topological polar surface area (TPSA) is 76.1 Å². The van der Waals surface area contributed by atoms with Gasteiger partial charge >= 0.3 is 5.97 Å². The number of rotatable bonds is 6. The van der Waals surface area contributed by atoms with E-state index in [2.05, 4.69) is 11.0 Å². The summed E-state index contributed by atoms with van der Waals surface area (Å²) in [5, 5.41) is 1.80. The molecule has 32 heavy (non-hydrogen) atoms. The molecule has 0 aromatic heterocycles. The summed E-state index contributed by atoms with van der Waals surface area (Å²) in [5.41, 5.74) is 2.24. The Bertz CT molecular complexity index is 1230. The van der Waals surface area contributed by atoms with Crippen LogP contribution < -0.4 is 14.4 Å². The van der Waals surface area contributed by atoms with Gasteiger partial charge in [-0.2, -0.15) is 4.31 Å². The summed E-state index contributed by atoms with van der Waals surface area (Å²) in [7, 11) is -2.18. The van der Waals surface area contributed by atoms with E-state index >= 15 is 0 Å². The predicted octanol–water partition coefficient (Wildman–Crippen LogP) is 3.21. The molecule has 0 saturated carbocycles. The zero-order chi connectivity index (χ0) is 22.7. The number of nitrogens with zero attached hydrogens (tertiary/aromatic N) is 2. The molecule has 1 heterocycles. The molecule has 7 nitrogen and oxygen atoms in total. The third-order valence-electron chi connectivity index (χ3n) is 5.55. The van der Waals surface area contributed by atoms with E-state index in [0.29, 0.717) is 37.7 Å². The monoisotopic (exact) mass is 454 g/mol. The van der Waals surface area contributed by atoms with Crippen molar-refractivity contribution in [3.8, 4) is 11.5 Å². The van der Waals surface area contributed by atoms with E-state index in [4.69, 9.17) is 9.47 Å². The average Bonchev–Trinajstić information content (AvgIpc) is 2.78. The number of sulfonamides is 1. The lowest BCUT2D eigenvalue weighted by atomic mass is 10.1. The van der Waals surface area contributed by atoms with Gasteiger partial charge in [-0.3, -0.25) is 4.79 Å². The first-order valence-corrected chi connectivity index (χ1v) is 12.0. The molecule has 1 aliphatic heterocycles. The zero-order valence-corrected chi connectivity index (χ0v) is 19.0. The molecule has 3 aromatic rings. The van der Waals surface area contributed by atoms with E-state index in [1.165, 1.54) is 4.31 Å². The Morgan fingerprint density at radius 3 is 2.28 bits per heavy atom. The van der Waals surface area contributed by atoms with Gasteiger partial charge in [0.1, 0.15) is 11.5 Å². The molecule has 0 N–H and O–H groups in total. The minimum Gasteiger partial charge on any atom is -0.497 e. The van der Waals surface area contributed by atoms with Crippen LogP contribution in [0, 0.1) is 6.92 Å². The number of piperazine rings is 1. The highest BCUT2D eigenvalue weighted by atomic mass is 32.2. The third-order valence-corrected chi connectivity index (χ3v) is 7.30. The first kappa shape index (κ1) is 22.1. The van der Waals surface area contributed by atoms with Crippen molar-refractivity contribution in [1.82, 2.24) is 4.31 Å². The Hall–Kier alpha value is -3.10. The maximum absolute atomic E-state index is 12.8. The molecule has 168 valence electrons. The number of esters is 1. The fourth-order valence-corrected chi connectivity index (χ4v) is 5.10. The quantitative estimate of drug-likeness (QED) is 0.421. The van der Waals surface area contributed by atoms with Crippen LogP contribution in [0.5, 0.6) is 11.5 Å². The Kier molecular flexibility index (Phi) is 6.34. The number of benzene rings is 3. The van der Waals surface area contributed by atoms with Gasteiger partial charge in [0.2, 0.25) is 10.0 Å². The number of ether oxygens (including phenoxy) is 2. The molecular weight excluding hydrogens is 428 g/mol. The summed E-state index contributed by atoms with van der Waals surface area (Å²) in [5.74, 6) is -0.495. The van der Waals surface area contributed by atoms with Crippen LogP contribution >= 0.6 is 0 Å². The Morgan fingerprint density at radius 1 is 0.906 bits per heavy atom. The van der Waals surface area contributed by atoms with Crippen molar-refractivity contribution in [2.75, 3.05) is 43.9 Å². The molecule has 8 heteroatoms. The van der Waals surface area contributed by atoms with Gasteiger partial charge in [0, 0.05) is 31.9 Å².